The third kappa shape index (κ3) is 2.94. The number of benzene rings is 3. The number of hydrogen-bond donors (Lipinski definition) is 1. The van der Waals surface area contributed by atoms with Crippen molar-refractivity contribution in [3.8, 4) is 5.75 Å². The van der Waals surface area contributed by atoms with Crippen molar-refractivity contribution < 1.29 is 9.53 Å². The molecule has 0 aromatic heterocycles. The van der Waals surface area contributed by atoms with Gasteiger partial charge in [-0.3, -0.25) is 4.79 Å². The molecule has 0 radical (unpaired) electrons. The average Bonchev–Trinajstić information content (AvgIpc) is 3.05. The van der Waals surface area contributed by atoms with E-state index in [1.165, 1.54) is 22.1 Å². The lowest BCUT2D eigenvalue weighted by atomic mass is 10.0. The Morgan fingerprint density at radius 1 is 1.00 bits per heavy atom. The van der Waals surface area contributed by atoms with Gasteiger partial charge in [0.25, 0.3) is 5.91 Å². The molecule has 3 heteroatoms. The standard InChI is InChI=1S/C23H23NO2/c1-14-7-11-19(13-15(14)2)26-16(3)23(25)24-21-12-10-18-9-8-17-5-4-6-20(21)22(17)18/h4-7,10-13,16H,8-9H2,1-3H3,(H,24,25)/t16-/m0/s1. The molecule has 3 aromatic rings. The van der Waals surface area contributed by atoms with Crippen molar-refractivity contribution in [2.24, 2.45) is 0 Å². The Morgan fingerprint density at radius 3 is 2.54 bits per heavy atom. The Bertz CT molecular complexity index is 996. The molecule has 0 saturated heterocycles. The van der Waals surface area contributed by atoms with Gasteiger partial charge < -0.3 is 10.1 Å². The number of anilines is 1. The Kier molecular flexibility index (Phi) is 4.15. The second-order valence-electron chi connectivity index (χ2n) is 7.11. The summed E-state index contributed by atoms with van der Waals surface area (Å²) < 4.78 is 5.84. The maximum Gasteiger partial charge on any atom is 0.265 e. The summed E-state index contributed by atoms with van der Waals surface area (Å²) in [5.41, 5.74) is 5.96. The van der Waals surface area contributed by atoms with Gasteiger partial charge in [0.1, 0.15) is 5.75 Å². The molecule has 1 aliphatic carbocycles. The fourth-order valence-electron chi connectivity index (χ4n) is 3.64. The van der Waals surface area contributed by atoms with Gasteiger partial charge in [0.2, 0.25) is 0 Å². The van der Waals surface area contributed by atoms with E-state index in [-0.39, 0.29) is 5.91 Å². The van der Waals surface area contributed by atoms with Gasteiger partial charge in [0, 0.05) is 11.1 Å². The highest BCUT2D eigenvalue weighted by Crippen LogP contribution is 2.35. The molecule has 0 fully saturated rings. The van der Waals surface area contributed by atoms with Crippen molar-refractivity contribution in [2.45, 2.75) is 39.7 Å². The van der Waals surface area contributed by atoms with E-state index >= 15 is 0 Å². The van der Waals surface area contributed by atoms with Crippen LogP contribution in [0.1, 0.15) is 29.2 Å². The summed E-state index contributed by atoms with van der Waals surface area (Å²) in [5, 5.41) is 5.46. The Hall–Kier alpha value is -2.81. The highest BCUT2D eigenvalue weighted by molar-refractivity contribution is 6.06. The Balaban J connectivity index is 1.55. The zero-order chi connectivity index (χ0) is 18.3. The van der Waals surface area contributed by atoms with Crippen LogP contribution < -0.4 is 10.1 Å². The third-order valence-electron chi connectivity index (χ3n) is 5.30. The third-order valence-corrected chi connectivity index (χ3v) is 5.30. The van der Waals surface area contributed by atoms with E-state index in [1.54, 1.807) is 6.92 Å². The molecule has 0 unspecified atom stereocenters. The van der Waals surface area contributed by atoms with Crippen LogP contribution in [-0.2, 0) is 17.6 Å². The quantitative estimate of drug-likeness (QED) is 0.726. The van der Waals surface area contributed by atoms with Crippen molar-refractivity contribution >= 4 is 22.4 Å². The summed E-state index contributed by atoms with van der Waals surface area (Å²) in [4.78, 5) is 12.7. The predicted octanol–water partition coefficient (Wildman–Crippen LogP) is 4.96. The molecule has 1 amide bonds. The van der Waals surface area contributed by atoms with Crippen LogP contribution in [-0.4, -0.2) is 12.0 Å². The number of aryl methyl sites for hydroxylation is 4. The minimum absolute atomic E-state index is 0.137. The molecular formula is C23H23NO2. The fourth-order valence-corrected chi connectivity index (χ4v) is 3.64. The molecule has 132 valence electrons. The second-order valence-corrected chi connectivity index (χ2v) is 7.11. The van der Waals surface area contributed by atoms with Gasteiger partial charge in [-0.1, -0.05) is 30.3 Å². The van der Waals surface area contributed by atoms with E-state index in [2.05, 4.69) is 36.5 Å². The number of rotatable bonds is 4. The van der Waals surface area contributed by atoms with E-state index in [4.69, 9.17) is 4.74 Å². The minimum Gasteiger partial charge on any atom is -0.481 e. The molecule has 4 rings (SSSR count). The summed E-state index contributed by atoms with van der Waals surface area (Å²) in [6.45, 7) is 5.88. The number of nitrogens with one attached hydrogen (secondary N) is 1. The van der Waals surface area contributed by atoms with Crippen molar-refractivity contribution in [1.82, 2.24) is 0 Å². The van der Waals surface area contributed by atoms with Gasteiger partial charge >= 0.3 is 0 Å². The van der Waals surface area contributed by atoms with Gasteiger partial charge in [-0.2, -0.15) is 0 Å². The zero-order valence-electron chi connectivity index (χ0n) is 15.4. The highest BCUT2D eigenvalue weighted by atomic mass is 16.5. The first-order chi connectivity index (χ1) is 12.5. The molecule has 0 spiro atoms. The topological polar surface area (TPSA) is 38.3 Å². The lowest BCUT2D eigenvalue weighted by molar-refractivity contribution is -0.122. The summed E-state index contributed by atoms with van der Waals surface area (Å²) in [6.07, 6.45) is 1.59. The van der Waals surface area contributed by atoms with E-state index < -0.39 is 6.10 Å². The van der Waals surface area contributed by atoms with Crippen LogP contribution in [0.3, 0.4) is 0 Å². The first kappa shape index (κ1) is 16.6. The molecule has 0 bridgehead atoms. The molecule has 26 heavy (non-hydrogen) atoms. The molecule has 0 heterocycles. The molecule has 3 nitrogen and oxygen atoms in total. The second kappa shape index (κ2) is 6.49. The summed E-state index contributed by atoms with van der Waals surface area (Å²) in [6, 6.07) is 16.4. The minimum atomic E-state index is -0.569. The van der Waals surface area contributed by atoms with Crippen LogP contribution >= 0.6 is 0 Å². The van der Waals surface area contributed by atoms with E-state index in [9.17, 15) is 4.79 Å². The largest absolute Gasteiger partial charge is 0.481 e. The fraction of sp³-hybridized carbons (Fsp3) is 0.261. The lowest BCUT2D eigenvalue weighted by Gasteiger charge is -2.17. The van der Waals surface area contributed by atoms with E-state index in [0.29, 0.717) is 0 Å². The number of carbonyl (C=O) groups excluding carboxylic acids is 1. The van der Waals surface area contributed by atoms with Crippen molar-refractivity contribution in [3.05, 3.63) is 70.8 Å². The van der Waals surface area contributed by atoms with Crippen LogP contribution in [0.5, 0.6) is 5.75 Å². The summed E-state index contributed by atoms with van der Waals surface area (Å²) in [5.74, 6) is 0.582. The van der Waals surface area contributed by atoms with Crippen LogP contribution in [0, 0.1) is 13.8 Å². The Labute approximate surface area is 154 Å². The van der Waals surface area contributed by atoms with Crippen LogP contribution in [0.25, 0.3) is 10.8 Å². The Morgan fingerprint density at radius 2 is 1.77 bits per heavy atom. The average molecular weight is 345 g/mol. The van der Waals surface area contributed by atoms with Gasteiger partial charge in [-0.25, -0.2) is 0 Å². The van der Waals surface area contributed by atoms with Gasteiger partial charge in [-0.15, -0.1) is 0 Å². The summed E-state index contributed by atoms with van der Waals surface area (Å²) in [7, 11) is 0. The SMILES string of the molecule is Cc1ccc(O[C@@H](C)C(=O)Nc2ccc3c4c(cccc24)CC3)cc1C. The maximum absolute atomic E-state index is 12.7. The number of hydrogen-bond acceptors (Lipinski definition) is 2. The lowest BCUT2D eigenvalue weighted by Crippen LogP contribution is -2.30. The van der Waals surface area contributed by atoms with Gasteiger partial charge in [0.05, 0.1) is 0 Å². The number of amides is 1. The molecular weight excluding hydrogens is 322 g/mol. The predicted molar refractivity (Wildman–Crippen MR) is 106 cm³/mol. The summed E-state index contributed by atoms with van der Waals surface area (Å²) >= 11 is 0. The first-order valence-corrected chi connectivity index (χ1v) is 9.11. The van der Waals surface area contributed by atoms with Crippen LogP contribution in [0.4, 0.5) is 5.69 Å². The van der Waals surface area contributed by atoms with Crippen molar-refractivity contribution in [3.63, 3.8) is 0 Å². The normalized spacial score (nSPS) is 13.7. The number of ether oxygens (including phenoxy) is 1. The van der Waals surface area contributed by atoms with E-state index in [0.717, 1.165) is 35.2 Å². The monoisotopic (exact) mass is 345 g/mol. The maximum atomic E-state index is 12.7. The smallest absolute Gasteiger partial charge is 0.265 e. The van der Waals surface area contributed by atoms with Crippen molar-refractivity contribution in [1.29, 1.82) is 0 Å². The van der Waals surface area contributed by atoms with Crippen LogP contribution in [0.2, 0.25) is 0 Å². The van der Waals surface area contributed by atoms with Crippen molar-refractivity contribution in [2.75, 3.05) is 5.32 Å². The van der Waals surface area contributed by atoms with Gasteiger partial charge in [0.15, 0.2) is 6.10 Å². The van der Waals surface area contributed by atoms with Crippen LogP contribution in [0.15, 0.2) is 48.5 Å². The molecule has 1 atom stereocenters. The molecule has 0 saturated carbocycles. The molecule has 0 aliphatic heterocycles. The molecule has 3 aromatic carbocycles. The number of carbonyl (C=O) groups is 1. The van der Waals surface area contributed by atoms with E-state index in [1.807, 2.05) is 31.2 Å². The first-order valence-electron chi connectivity index (χ1n) is 9.11. The molecule has 1 N–H and O–H groups in total. The highest BCUT2D eigenvalue weighted by Gasteiger charge is 2.19. The zero-order valence-corrected chi connectivity index (χ0v) is 15.4. The molecule has 1 aliphatic rings. The van der Waals surface area contributed by atoms with Gasteiger partial charge in [-0.05, 0) is 79.5 Å².